The normalized spacial score (nSPS) is 15.3. The van der Waals surface area contributed by atoms with Gasteiger partial charge in [-0.1, -0.05) is 53.8 Å². The number of hydrogen-bond donors (Lipinski definition) is 1. The first-order valence-electron chi connectivity index (χ1n) is 12.1. The van der Waals surface area contributed by atoms with E-state index in [9.17, 15) is 14.7 Å². The molecule has 0 bridgehead atoms. The molecule has 6 rings (SSSR count). The number of nitrogens with zero attached hydrogens (tertiary/aromatic N) is 2. The average molecular weight is 539 g/mol. The van der Waals surface area contributed by atoms with Gasteiger partial charge < -0.3 is 19.0 Å². The molecule has 1 unspecified atom stereocenters. The van der Waals surface area contributed by atoms with Crippen molar-refractivity contribution < 1.29 is 28.6 Å². The number of hydrogen-bond acceptors (Lipinski definition) is 8. The molecular formula is C30H22N2O6S. The standard InChI is InChI=1S/C30H22N2O6S/c1-36-20-12-13-22-24(16-20)39-30(31-22)32-26(25(28(34)29(32)35)27(33)23-11-6-14-37-23)19-9-5-10-21(15-19)38-17-18-7-3-2-4-8-18/h2-16,26,34H,17H2,1H3. The fraction of sp³-hybridized carbons (Fsp3) is 0.100. The molecule has 0 spiro atoms. The lowest BCUT2D eigenvalue weighted by molar-refractivity contribution is -0.117. The number of thiazole rings is 1. The molecule has 1 amide bonds. The van der Waals surface area contributed by atoms with Crippen LogP contribution in [0.4, 0.5) is 5.13 Å². The lowest BCUT2D eigenvalue weighted by atomic mass is 9.95. The number of Topliss-reactive ketones (excluding diaryl/α,β-unsaturated/α-hetero) is 1. The first-order valence-corrected chi connectivity index (χ1v) is 12.9. The van der Waals surface area contributed by atoms with Crippen LogP contribution in [0.2, 0.25) is 0 Å². The van der Waals surface area contributed by atoms with Gasteiger partial charge in [0, 0.05) is 0 Å². The Morgan fingerprint density at radius 2 is 1.87 bits per heavy atom. The average Bonchev–Trinajstić information content (AvgIpc) is 3.71. The molecular weight excluding hydrogens is 516 g/mol. The van der Waals surface area contributed by atoms with Crippen LogP contribution in [0, 0.1) is 0 Å². The van der Waals surface area contributed by atoms with E-state index in [1.54, 1.807) is 49.6 Å². The molecule has 3 heterocycles. The van der Waals surface area contributed by atoms with Crippen LogP contribution in [0.25, 0.3) is 10.2 Å². The second kappa shape index (κ2) is 10.1. The molecule has 194 valence electrons. The highest BCUT2D eigenvalue weighted by Gasteiger charge is 2.46. The van der Waals surface area contributed by atoms with Crippen molar-refractivity contribution in [2.45, 2.75) is 12.6 Å². The predicted octanol–water partition coefficient (Wildman–Crippen LogP) is 6.26. The number of aliphatic hydroxyl groups is 1. The number of ketones is 1. The monoisotopic (exact) mass is 538 g/mol. The fourth-order valence-electron chi connectivity index (χ4n) is 4.53. The molecule has 8 nitrogen and oxygen atoms in total. The van der Waals surface area contributed by atoms with Gasteiger partial charge in [-0.15, -0.1) is 0 Å². The second-order valence-corrected chi connectivity index (χ2v) is 9.83. The van der Waals surface area contributed by atoms with Crippen molar-refractivity contribution >= 4 is 38.4 Å². The van der Waals surface area contributed by atoms with Crippen molar-refractivity contribution in [3.63, 3.8) is 0 Å². The van der Waals surface area contributed by atoms with E-state index in [2.05, 4.69) is 4.98 Å². The molecule has 2 aromatic heterocycles. The summed E-state index contributed by atoms with van der Waals surface area (Å²) in [4.78, 5) is 33.0. The zero-order valence-electron chi connectivity index (χ0n) is 20.7. The Morgan fingerprint density at radius 3 is 2.64 bits per heavy atom. The number of benzene rings is 3. The van der Waals surface area contributed by atoms with E-state index >= 15 is 0 Å². The Labute approximate surface area is 227 Å². The summed E-state index contributed by atoms with van der Waals surface area (Å²) in [5.74, 6) is -0.738. The number of amides is 1. The maximum atomic E-state index is 13.5. The largest absolute Gasteiger partial charge is 0.503 e. The Morgan fingerprint density at radius 1 is 1.03 bits per heavy atom. The molecule has 39 heavy (non-hydrogen) atoms. The second-order valence-electron chi connectivity index (χ2n) is 8.82. The third-order valence-corrected chi connectivity index (χ3v) is 7.43. The minimum Gasteiger partial charge on any atom is -0.503 e. The highest BCUT2D eigenvalue weighted by molar-refractivity contribution is 7.22. The van der Waals surface area contributed by atoms with Crippen LogP contribution in [0.1, 0.15) is 27.7 Å². The van der Waals surface area contributed by atoms with Gasteiger partial charge in [0.05, 0.1) is 35.2 Å². The van der Waals surface area contributed by atoms with E-state index in [1.165, 1.54) is 28.6 Å². The Balaban J connectivity index is 1.43. The van der Waals surface area contributed by atoms with Crippen molar-refractivity contribution in [3.8, 4) is 11.5 Å². The summed E-state index contributed by atoms with van der Waals surface area (Å²) in [5, 5.41) is 11.4. The summed E-state index contributed by atoms with van der Waals surface area (Å²) >= 11 is 1.26. The molecule has 1 N–H and O–H groups in total. The van der Waals surface area contributed by atoms with Crippen molar-refractivity contribution in [1.29, 1.82) is 0 Å². The Kier molecular flexibility index (Phi) is 6.34. The third kappa shape index (κ3) is 4.53. The predicted molar refractivity (Wildman–Crippen MR) is 146 cm³/mol. The summed E-state index contributed by atoms with van der Waals surface area (Å²) in [6.07, 6.45) is 1.37. The van der Waals surface area contributed by atoms with E-state index in [0.717, 1.165) is 10.3 Å². The quantitative estimate of drug-likeness (QED) is 0.233. The number of fused-ring (bicyclic) bond motifs is 1. The van der Waals surface area contributed by atoms with E-state index in [-0.39, 0.29) is 11.3 Å². The number of aliphatic hydroxyl groups excluding tert-OH is 1. The van der Waals surface area contributed by atoms with Crippen LogP contribution in [0.5, 0.6) is 11.5 Å². The zero-order valence-corrected chi connectivity index (χ0v) is 21.6. The summed E-state index contributed by atoms with van der Waals surface area (Å²) in [6.45, 7) is 0.344. The number of carbonyl (C=O) groups excluding carboxylic acids is 2. The maximum absolute atomic E-state index is 13.5. The molecule has 0 aliphatic carbocycles. The SMILES string of the molecule is COc1ccc2nc(N3C(=O)C(O)=C(C(=O)c4ccco4)C3c3cccc(OCc4ccccc4)c3)sc2c1. The number of ether oxygens (including phenoxy) is 2. The van der Waals surface area contributed by atoms with Crippen LogP contribution in [0.15, 0.2) is 107 Å². The topological polar surface area (TPSA) is 102 Å². The van der Waals surface area contributed by atoms with Crippen LogP contribution in [0.3, 0.4) is 0 Å². The highest BCUT2D eigenvalue weighted by atomic mass is 32.1. The highest BCUT2D eigenvalue weighted by Crippen LogP contribution is 2.45. The maximum Gasteiger partial charge on any atom is 0.296 e. The van der Waals surface area contributed by atoms with Gasteiger partial charge in [0.2, 0.25) is 5.78 Å². The Hall–Kier alpha value is -4.89. The van der Waals surface area contributed by atoms with E-state index < -0.39 is 23.5 Å². The minimum atomic E-state index is -0.960. The molecule has 1 aliphatic rings. The van der Waals surface area contributed by atoms with Gasteiger partial charge in [-0.2, -0.15) is 0 Å². The first kappa shape index (κ1) is 24.4. The Bertz CT molecular complexity index is 1710. The number of aromatic nitrogens is 1. The lowest BCUT2D eigenvalue weighted by Crippen LogP contribution is -2.31. The van der Waals surface area contributed by atoms with Gasteiger partial charge in [0.15, 0.2) is 16.7 Å². The van der Waals surface area contributed by atoms with Gasteiger partial charge >= 0.3 is 0 Å². The zero-order chi connectivity index (χ0) is 26.9. The molecule has 0 fully saturated rings. The molecule has 5 aromatic rings. The molecule has 0 saturated carbocycles. The van der Waals surface area contributed by atoms with Crippen LogP contribution >= 0.6 is 11.3 Å². The van der Waals surface area contributed by atoms with Gasteiger partial charge in [-0.25, -0.2) is 4.98 Å². The number of methoxy groups -OCH3 is 1. The van der Waals surface area contributed by atoms with Gasteiger partial charge in [0.1, 0.15) is 18.1 Å². The minimum absolute atomic E-state index is 0.0155. The van der Waals surface area contributed by atoms with Crippen molar-refractivity contribution in [2.75, 3.05) is 12.0 Å². The first-order chi connectivity index (χ1) is 19.0. The van der Waals surface area contributed by atoms with Gasteiger partial charge in [-0.05, 0) is 53.6 Å². The molecule has 9 heteroatoms. The van der Waals surface area contributed by atoms with E-state index in [0.29, 0.717) is 34.3 Å². The number of anilines is 1. The van der Waals surface area contributed by atoms with Crippen molar-refractivity contribution in [1.82, 2.24) is 4.98 Å². The number of rotatable bonds is 8. The van der Waals surface area contributed by atoms with Crippen molar-refractivity contribution in [3.05, 3.63) is 119 Å². The summed E-state index contributed by atoms with van der Waals surface area (Å²) in [7, 11) is 1.57. The van der Waals surface area contributed by atoms with Gasteiger partial charge in [0.25, 0.3) is 5.91 Å². The summed E-state index contributed by atoms with van der Waals surface area (Å²) in [6, 6.07) is 24.4. The van der Waals surface area contributed by atoms with Crippen LogP contribution < -0.4 is 14.4 Å². The van der Waals surface area contributed by atoms with E-state index in [4.69, 9.17) is 13.9 Å². The van der Waals surface area contributed by atoms with Gasteiger partial charge in [-0.3, -0.25) is 14.5 Å². The van der Waals surface area contributed by atoms with E-state index in [1.807, 2.05) is 36.4 Å². The van der Waals surface area contributed by atoms with Crippen LogP contribution in [-0.2, 0) is 11.4 Å². The summed E-state index contributed by atoms with van der Waals surface area (Å²) < 4.78 is 17.5. The summed E-state index contributed by atoms with van der Waals surface area (Å²) in [5.41, 5.74) is 2.14. The molecule has 0 saturated heterocycles. The fourth-order valence-corrected chi connectivity index (χ4v) is 5.55. The van der Waals surface area contributed by atoms with Crippen molar-refractivity contribution in [2.24, 2.45) is 0 Å². The smallest absolute Gasteiger partial charge is 0.296 e. The third-order valence-electron chi connectivity index (χ3n) is 6.41. The molecule has 1 aliphatic heterocycles. The molecule has 0 radical (unpaired) electrons. The molecule has 1 atom stereocenters. The van der Waals surface area contributed by atoms with Crippen LogP contribution in [-0.4, -0.2) is 28.9 Å². The number of carbonyl (C=O) groups is 2. The number of furan rings is 1. The lowest BCUT2D eigenvalue weighted by Gasteiger charge is -2.24. The molecule has 3 aromatic carbocycles.